The van der Waals surface area contributed by atoms with Crippen molar-refractivity contribution < 1.29 is 9.53 Å². The lowest BCUT2D eigenvalue weighted by molar-refractivity contribution is -0.132. The van der Waals surface area contributed by atoms with Crippen LogP contribution in [-0.2, 0) is 4.79 Å². The normalized spacial score (nSPS) is 15.3. The van der Waals surface area contributed by atoms with Gasteiger partial charge in [0.05, 0.1) is 7.11 Å². The molecule has 0 aliphatic carbocycles. The highest BCUT2D eigenvalue weighted by atomic mass is 16.5. The molecule has 0 aromatic heterocycles. The average molecular weight is 352 g/mol. The molecule has 0 bridgehead atoms. The maximum absolute atomic E-state index is 12.7. The highest BCUT2D eigenvalue weighted by Crippen LogP contribution is 2.27. The second-order valence-corrected chi connectivity index (χ2v) is 6.62. The molecule has 4 heteroatoms. The van der Waals surface area contributed by atoms with Gasteiger partial charge >= 0.3 is 0 Å². The summed E-state index contributed by atoms with van der Waals surface area (Å²) in [5, 5.41) is 0. The van der Waals surface area contributed by atoms with Crippen LogP contribution in [-0.4, -0.2) is 31.0 Å². The first-order valence-electron chi connectivity index (χ1n) is 8.80. The van der Waals surface area contributed by atoms with E-state index < -0.39 is 0 Å². The topological polar surface area (TPSA) is 32.8 Å². The molecule has 1 heterocycles. The molecule has 0 saturated carbocycles. The van der Waals surface area contributed by atoms with Crippen molar-refractivity contribution in [2.75, 3.05) is 25.1 Å². The van der Waals surface area contributed by atoms with E-state index in [1.807, 2.05) is 60.1 Å². The van der Waals surface area contributed by atoms with Crippen molar-refractivity contribution in [3.63, 3.8) is 0 Å². The summed E-state index contributed by atoms with van der Waals surface area (Å²) in [7, 11) is 1.64. The maximum Gasteiger partial charge on any atom is 0.253 e. The molecule has 1 aliphatic heterocycles. The SMILES string of the molecule is C=CN(/C(=C/C(=CC)C(=O)N1CC(C)C1)C(=C)C)c1ccc(OC)cc1. The van der Waals surface area contributed by atoms with Crippen LogP contribution in [0.5, 0.6) is 5.75 Å². The highest BCUT2D eigenvalue weighted by molar-refractivity contribution is 5.97. The number of likely N-dealkylation sites (tertiary alicyclic amines) is 1. The lowest BCUT2D eigenvalue weighted by atomic mass is 10.0. The number of anilines is 1. The smallest absolute Gasteiger partial charge is 0.253 e. The minimum atomic E-state index is 0.0584. The minimum absolute atomic E-state index is 0.0584. The Balaban J connectivity index is 2.34. The predicted molar refractivity (Wildman–Crippen MR) is 108 cm³/mol. The Hall–Kier alpha value is -2.75. The number of carbonyl (C=O) groups excluding carboxylic acids is 1. The number of hydrogen-bond donors (Lipinski definition) is 0. The number of allylic oxidation sites excluding steroid dienone is 2. The molecule has 1 aromatic carbocycles. The van der Waals surface area contributed by atoms with Crippen molar-refractivity contribution in [2.45, 2.75) is 20.8 Å². The number of nitrogens with zero attached hydrogens (tertiary/aromatic N) is 2. The Kier molecular flexibility index (Phi) is 6.45. The Labute approximate surface area is 156 Å². The van der Waals surface area contributed by atoms with Crippen LogP contribution in [0.3, 0.4) is 0 Å². The molecule has 1 aromatic rings. The summed E-state index contributed by atoms with van der Waals surface area (Å²) >= 11 is 0. The van der Waals surface area contributed by atoms with Gasteiger partial charge in [-0.2, -0.15) is 0 Å². The predicted octanol–water partition coefficient (Wildman–Crippen LogP) is 4.53. The molecule has 0 unspecified atom stereocenters. The van der Waals surface area contributed by atoms with Gasteiger partial charge < -0.3 is 14.5 Å². The summed E-state index contributed by atoms with van der Waals surface area (Å²) in [5.74, 6) is 1.42. The zero-order chi connectivity index (χ0) is 19.3. The number of hydrogen-bond acceptors (Lipinski definition) is 3. The standard InChI is InChI=1S/C22H28N2O2/c1-7-18(22(25)23-14-17(5)15-23)13-21(16(3)4)24(8-2)19-9-11-20(26-6)12-10-19/h7-13,17H,2-3,14-15H2,1,4-6H3/b18-7?,21-13+. The molecule has 4 nitrogen and oxygen atoms in total. The van der Waals surface area contributed by atoms with Gasteiger partial charge in [0.15, 0.2) is 0 Å². The number of carbonyl (C=O) groups is 1. The molecule has 0 atom stereocenters. The van der Waals surface area contributed by atoms with Crippen LogP contribution in [0, 0.1) is 5.92 Å². The van der Waals surface area contributed by atoms with E-state index in [-0.39, 0.29) is 5.91 Å². The second-order valence-electron chi connectivity index (χ2n) is 6.62. The molecule has 0 N–H and O–H groups in total. The van der Waals surface area contributed by atoms with Gasteiger partial charge in [0.2, 0.25) is 0 Å². The van der Waals surface area contributed by atoms with Gasteiger partial charge in [-0.05, 0) is 55.7 Å². The number of methoxy groups -OCH3 is 1. The third-order valence-electron chi connectivity index (χ3n) is 4.43. The van der Waals surface area contributed by atoms with Crippen LogP contribution in [0.1, 0.15) is 20.8 Å². The van der Waals surface area contributed by atoms with Gasteiger partial charge in [-0.3, -0.25) is 4.79 Å². The van der Waals surface area contributed by atoms with Gasteiger partial charge in [0.25, 0.3) is 5.91 Å². The number of amides is 1. The molecule has 0 spiro atoms. The summed E-state index contributed by atoms with van der Waals surface area (Å²) in [6.45, 7) is 15.6. The summed E-state index contributed by atoms with van der Waals surface area (Å²) in [6.07, 6.45) is 5.47. The van der Waals surface area contributed by atoms with Crippen LogP contribution < -0.4 is 9.64 Å². The van der Waals surface area contributed by atoms with Crippen LogP contribution in [0.2, 0.25) is 0 Å². The monoisotopic (exact) mass is 352 g/mol. The summed E-state index contributed by atoms with van der Waals surface area (Å²) < 4.78 is 5.22. The highest BCUT2D eigenvalue weighted by Gasteiger charge is 2.28. The summed E-state index contributed by atoms with van der Waals surface area (Å²) in [4.78, 5) is 16.5. The minimum Gasteiger partial charge on any atom is -0.497 e. The van der Waals surface area contributed by atoms with E-state index in [4.69, 9.17) is 4.74 Å². The quantitative estimate of drug-likeness (QED) is 0.534. The number of rotatable bonds is 7. The van der Waals surface area contributed by atoms with Crippen LogP contribution >= 0.6 is 0 Å². The van der Waals surface area contributed by atoms with Crippen molar-refractivity contribution in [3.8, 4) is 5.75 Å². The fourth-order valence-corrected chi connectivity index (χ4v) is 2.95. The van der Waals surface area contributed by atoms with Crippen molar-refractivity contribution in [2.24, 2.45) is 5.92 Å². The number of ether oxygens (including phenoxy) is 1. The molecule has 26 heavy (non-hydrogen) atoms. The molecule has 1 saturated heterocycles. The van der Waals surface area contributed by atoms with E-state index in [0.29, 0.717) is 11.5 Å². The summed E-state index contributed by atoms with van der Waals surface area (Å²) in [5.41, 5.74) is 3.27. The van der Waals surface area contributed by atoms with Crippen molar-refractivity contribution in [1.82, 2.24) is 4.90 Å². The van der Waals surface area contributed by atoms with Gasteiger partial charge in [0, 0.05) is 36.2 Å². The third-order valence-corrected chi connectivity index (χ3v) is 4.43. The third kappa shape index (κ3) is 4.26. The van der Waals surface area contributed by atoms with Gasteiger partial charge in [-0.25, -0.2) is 0 Å². The first-order valence-corrected chi connectivity index (χ1v) is 8.80. The van der Waals surface area contributed by atoms with Gasteiger partial charge in [-0.1, -0.05) is 26.2 Å². The van der Waals surface area contributed by atoms with Crippen LogP contribution in [0.15, 0.2) is 72.6 Å². The van der Waals surface area contributed by atoms with Crippen LogP contribution in [0.4, 0.5) is 5.69 Å². The Morgan fingerprint density at radius 1 is 1.31 bits per heavy atom. The molecule has 2 rings (SSSR count). The van der Waals surface area contributed by atoms with E-state index in [1.165, 1.54) is 0 Å². The van der Waals surface area contributed by atoms with Crippen molar-refractivity contribution >= 4 is 11.6 Å². The van der Waals surface area contributed by atoms with Crippen molar-refractivity contribution in [1.29, 1.82) is 0 Å². The maximum atomic E-state index is 12.7. The number of benzene rings is 1. The first kappa shape index (κ1) is 19.6. The Morgan fingerprint density at radius 2 is 1.92 bits per heavy atom. The van der Waals surface area contributed by atoms with Gasteiger partial charge in [0.1, 0.15) is 5.75 Å². The molecule has 0 radical (unpaired) electrons. The van der Waals surface area contributed by atoms with Gasteiger partial charge in [-0.15, -0.1) is 0 Å². The Bertz CT molecular complexity index is 738. The molecular formula is C22H28N2O2. The zero-order valence-electron chi connectivity index (χ0n) is 16.2. The Morgan fingerprint density at radius 3 is 2.35 bits per heavy atom. The summed E-state index contributed by atoms with van der Waals surface area (Å²) in [6, 6.07) is 7.69. The first-order chi connectivity index (χ1) is 12.4. The second kappa shape index (κ2) is 8.56. The fraction of sp³-hybridized carbons (Fsp3) is 0.318. The van der Waals surface area contributed by atoms with E-state index in [0.717, 1.165) is 35.8 Å². The molecule has 1 fully saturated rings. The fourth-order valence-electron chi connectivity index (χ4n) is 2.95. The molecule has 138 valence electrons. The lowest BCUT2D eigenvalue weighted by Crippen LogP contribution is -2.49. The van der Waals surface area contributed by atoms with Crippen LogP contribution in [0.25, 0.3) is 0 Å². The lowest BCUT2D eigenvalue weighted by Gasteiger charge is -2.37. The molecular weight excluding hydrogens is 324 g/mol. The van der Waals surface area contributed by atoms with Crippen molar-refractivity contribution in [3.05, 3.63) is 72.6 Å². The van der Waals surface area contributed by atoms with E-state index >= 15 is 0 Å². The molecule has 1 aliphatic rings. The molecule has 1 amide bonds. The zero-order valence-corrected chi connectivity index (χ0v) is 16.2. The largest absolute Gasteiger partial charge is 0.497 e. The van der Waals surface area contributed by atoms with E-state index in [9.17, 15) is 4.79 Å². The average Bonchev–Trinajstić information content (AvgIpc) is 2.62. The van der Waals surface area contributed by atoms with E-state index in [1.54, 1.807) is 13.3 Å². The van der Waals surface area contributed by atoms with E-state index in [2.05, 4.69) is 20.1 Å².